The van der Waals surface area contributed by atoms with Crippen LogP contribution in [-0.4, -0.2) is 18.5 Å². The number of amides is 1. The molecule has 0 aliphatic carbocycles. The van der Waals surface area contributed by atoms with Crippen molar-refractivity contribution in [2.24, 2.45) is 0 Å². The fourth-order valence-corrected chi connectivity index (χ4v) is 1.94. The Bertz CT molecular complexity index is 658. The third kappa shape index (κ3) is 4.41. The normalized spacial score (nSPS) is 11.5. The maximum absolute atomic E-state index is 13.0. The molecule has 0 heterocycles. The summed E-state index contributed by atoms with van der Waals surface area (Å²) in [6.07, 6.45) is 0. The lowest BCUT2D eigenvalue weighted by Crippen LogP contribution is -2.31. The summed E-state index contributed by atoms with van der Waals surface area (Å²) in [5.74, 6) is -1.68. The van der Waals surface area contributed by atoms with Gasteiger partial charge in [-0.25, -0.2) is 9.18 Å². The molecule has 0 fully saturated rings. The van der Waals surface area contributed by atoms with Crippen LogP contribution >= 0.6 is 0 Å². The maximum Gasteiger partial charge on any atom is 0.338 e. The fourth-order valence-electron chi connectivity index (χ4n) is 1.94. The summed E-state index contributed by atoms with van der Waals surface area (Å²) in [4.78, 5) is 23.5. The third-order valence-corrected chi connectivity index (χ3v) is 3.07. The van der Waals surface area contributed by atoms with Gasteiger partial charge in [0, 0.05) is 0 Å². The van der Waals surface area contributed by atoms with Gasteiger partial charge in [0.25, 0.3) is 5.91 Å². The molecule has 0 saturated carbocycles. The van der Waals surface area contributed by atoms with E-state index in [4.69, 9.17) is 4.74 Å². The number of carbonyl (C=O) groups is 2. The van der Waals surface area contributed by atoms with Crippen LogP contribution in [0.3, 0.4) is 0 Å². The number of carbonyl (C=O) groups excluding carboxylic acids is 2. The van der Waals surface area contributed by atoms with Crippen LogP contribution in [0.1, 0.15) is 28.9 Å². The molecular weight excluding hydrogens is 285 g/mol. The lowest BCUT2D eigenvalue weighted by atomic mass is 10.1. The Kier molecular flexibility index (Phi) is 5.25. The Balaban J connectivity index is 1.84. The minimum absolute atomic E-state index is 0.0731. The second kappa shape index (κ2) is 7.36. The van der Waals surface area contributed by atoms with Crippen LogP contribution in [0.5, 0.6) is 0 Å². The van der Waals surface area contributed by atoms with Gasteiger partial charge in [-0.2, -0.15) is 0 Å². The SMILES string of the molecule is C[C@@H](NC(=O)COC(=O)c1cccc(F)c1)c1ccccc1. The van der Waals surface area contributed by atoms with Gasteiger partial charge in [0.1, 0.15) is 5.82 Å². The average Bonchev–Trinajstić information content (AvgIpc) is 2.53. The third-order valence-electron chi connectivity index (χ3n) is 3.07. The number of hydrogen-bond acceptors (Lipinski definition) is 3. The van der Waals surface area contributed by atoms with Gasteiger partial charge in [-0.3, -0.25) is 4.79 Å². The van der Waals surface area contributed by atoms with Gasteiger partial charge in [-0.1, -0.05) is 36.4 Å². The summed E-state index contributed by atoms with van der Waals surface area (Å²) in [5.41, 5.74) is 1.02. The van der Waals surface area contributed by atoms with Gasteiger partial charge < -0.3 is 10.1 Å². The fraction of sp³-hybridized carbons (Fsp3) is 0.176. The van der Waals surface area contributed by atoms with E-state index in [0.29, 0.717) is 0 Å². The van der Waals surface area contributed by atoms with E-state index < -0.39 is 24.3 Å². The number of hydrogen-bond donors (Lipinski definition) is 1. The predicted octanol–water partition coefficient (Wildman–Crippen LogP) is 2.86. The first-order valence-corrected chi connectivity index (χ1v) is 6.83. The van der Waals surface area contributed by atoms with Gasteiger partial charge >= 0.3 is 5.97 Å². The molecule has 0 unspecified atom stereocenters. The number of nitrogens with one attached hydrogen (secondary N) is 1. The Morgan fingerprint density at radius 3 is 2.55 bits per heavy atom. The second-order valence-electron chi connectivity index (χ2n) is 4.79. The van der Waals surface area contributed by atoms with Crippen molar-refractivity contribution in [1.82, 2.24) is 5.32 Å². The molecule has 1 N–H and O–H groups in total. The predicted molar refractivity (Wildman–Crippen MR) is 79.7 cm³/mol. The molecule has 1 atom stereocenters. The van der Waals surface area contributed by atoms with Crippen molar-refractivity contribution >= 4 is 11.9 Å². The van der Waals surface area contributed by atoms with Gasteiger partial charge in [-0.05, 0) is 30.7 Å². The van der Waals surface area contributed by atoms with E-state index >= 15 is 0 Å². The summed E-state index contributed by atoms with van der Waals surface area (Å²) in [7, 11) is 0. The van der Waals surface area contributed by atoms with Gasteiger partial charge in [0.05, 0.1) is 11.6 Å². The van der Waals surface area contributed by atoms with E-state index in [1.807, 2.05) is 37.3 Å². The smallest absolute Gasteiger partial charge is 0.338 e. The van der Waals surface area contributed by atoms with E-state index in [-0.39, 0.29) is 11.6 Å². The second-order valence-corrected chi connectivity index (χ2v) is 4.79. The Morgan fingerprint density at radius 2 is 1.86 bits per heavy atom. The first kappa shape index (κ1) is 15.7. The van der Waals surface area contributed by atoms with E-state index in [0.717, 1.165) is 11.6 Å². The number of halogens is 1. The molecule has 2 rings (SSSR count). The molecule has 0 spiro atoms. The lowest BCUT2D eigenvalue weighted by molar-refractivity contribution is -0.124. The van der Waals surface area contributed by atoms with Crippen molar-refractivity contribution in [1.29, 1.82) is 0 Å². The molecule has 114 valence electrons. The van der Waals surface area contributed by atoms with Crippen LogP contribution in [0.2, 0.25) is 0 Å². The molecule has 4 nitrogen and oxygen atoms in total. The molecule has 2 aromatic rings. The van der Waals surface area contributed by atoms with Crippen molar-refractivity contribution in [3.05, 3.63) is 71.5 Å². The minimum Gasteiger partial charge on any atom is -0.452 e. The highest BCUT2D eigenvalue weighted by atomic mass is 19.1. The Morgan fingerprint density at radius 1 is 1.14 bits per heavy atom. The van der Waals surface area contributed by atoms with Gasteiger partial charge in [0.2, 0.25) is 0 Å². The highest BCUT2D eigenvalue weighted by molar-refractivity contribution is 5.91. The molecule has 0 bridgehead atoms. The molecule has 0 saturated heterocycles. The van der Waals surface area contributed by atoms with Crippen molar-refractivity contribution < 1.29 is 18.7 Å². The number of esters is 1. The molecule has 22 heavy (non-hydrogen) atoms. The maximum atomic E-state index is 13.0. The average molecular weight is 301 g/mol. The Labute approximate surface area is 127 Å². The van der Waals surface area contributed by atoms with Crippen molar-refractivity contribution in [2.45, 2.75) is 13.0 Å². The zero-order valence-electron chi connectivity index (χ0n) is 12.1. The van der Waals surface area contributed by atoms with Crippen LogP contribution in [-0.2, 0) is 9.53 Å². The molecular formula is C17H16FNO3. The summed E-state index contributed by atoms with van der Waals surface area (Å²) in [5, 5.41) is 2.72. The van der Waals surface area contributed by atoms with E-state index in [1.54, 1.807) is 0 Å². The molecule has 0 aliphatic heterocycles. The van der Waals surface area contributed by atoms with E-state index in [1.165, 1.54) is 18.2 Å². The van der Waals surface area contributed by atoms with E-state index in [9.17, 15) is 14.0 Å². The zero-order valence-corrected chi connectivity index (χ0v) is 12.1. The lowest BCUT2D eigenvalue weighted by Gasteiger charge is -2.14. The Hall–Kier alpha value is -2.69. The van der Waals surface area contributed by atoms with Crippen LogP contribution in [0, 0.1) is 5.82 Å². The van der Waals surface area contributed by atoms with Crippen molar-refractivity contribution in [3.63, 3.8) is 0 Å². The first-order chi connectivity index (χ1) is 10.6. The van der Waals surface area contributed by atoms with Gasteiger partial charge in [0.15, 0.2) is 6.61 Å². The summed E-state index contributed by atoms with van der Waals surface area (Å²) < 4.78 is 17.9. The molecule has 0 aromatic heterocycles. The molecule has 0 radical (unpaired) electrons. The minimum atomic E-state index is -0.734. The number of ether oxygens (including phenoxy) is 1. The highest BCUT2D eigenvalue weighted by Crippen LogP contribution is 2.11. The number of rotatable bonds is 5. The largest absolute Gasteiger partial charge is 0.452 e. The first-order valence-electron chi connectivity index (χ1n) is 6.83. The number of benzene rings is 2. The van der Waals surface area contributed by atoms with Crippen molar-refractivity contribution in [3.8, 4) is 0 Å². The monoisotopic (exact) mass is 301 g/mol. The van der Waals surface area contributed by atoms with Crippen LogP contribution in [0.15, 0.2) is 54.6 Å². The van der Waals surface area contributed by atoms with E-state index in [2.05, 4.69) is 5.32 Å². The molecule has 5 heteroatoms. The topological polar surface area (TPSA) is 55.4 Å². The summed E-state index contributed by atoms with van der Waals surface area (Å²) >= 11 is 0. The molecule has 0 aliphatic rings. The summed E-state index contributed by atoms with van der Waals surface area (Å²) in [6, 6.07) is 14.4. The highest BCUT2D eigenvalue weighted by Gasteiger charge is 2.13. The van der Waals surface area contributed by atoms with Crippen LogP contribution < -0.4 is 5.32 Å². The summed E-state index contributed by atoms with van der Waals surface area (Å²) in [6.45, 7) is 1.42. The standard InChI is InChI=1S/C17H16FNO3/c1-12(13-6-3-2-4-7-13)19-16(20)11-22-17(21)14-8-5-9-15(18)10-14/h2-10,12H,11H2,1H3,(H,19,20)/t12-/m1/s1. The zero-order chi connectivity index (χ0) is 15.9. The molecule has 2 aromatic carbocycles. The van der Waals surface area contributed by atoms with Crippen molar-refractivity contribution in [2.75, 3.05) is 6.61 Å². The van der Waals surface area contributed by atoms with Gasteiger partial charge in [-0.15, -0.1) is 0 Å². The van der Waals surface area contributed by atoms with Crippen LogP contribution in [0.4, 0.5) is 4.39 Å². The molecule has 1 amide bonds. The van der Waals surface area contributed by atoms with Crippen LogP contribution in [0.25, 0.3) is 0 Å². The quantitative estimate of drug-likeness (QED) is 0.864.